The highest BCUT2D eigenvalue weighted by Crippen LogP contribution is 2.35. The van der Waals surface area contributed by atoms with Crippen LogP contribution in [0.5, 0.6) is 0 Å². The molecule has 0 aliphatic carbocycles. The van der Waals surface area contributed by atoms with Crippen LogP contribution in [-0.2, 0) is 11.3 Å². The fourth-order valence-electron chi connectivity index (χ4n) is 3.07. The van der Waals surface area contributed by atoms with Gasteiger partial charge in [0, 0.05) is 17.0 Å². The predicted octanol–water partition coefficient (Wildman–Crippen LogP) is 4.20. The first-order valence-corrected chi connectivity index (χ1v) is 9.36. The van der Waals surface area contributed by atoms with Gasteiger partial charge in [0.2, 0.25) is 5.91 Å². The molecule has 0 saturated carbocycles. The number of nitrogens with one attached hydrogen (secondary N) is 2. The molecule has 1 heterocycles. The van der Waals surface area contributed by atoms with Crippen LogP contribution in [0.2, 0.25) is 0 Å². The molecule has 4 rings (SSSR count). The average molecular weight is 362 g/mol. The molecule has 0 aromatic heterocycles. The summed E-state index contributed by atoms with van der Waals surface area (Å²) >= 11 is 1.51. The fraction of sp³-hybridized carbons (Fsp3) is 0.143. The van der Waals surface area contributed by atoms with E-state index < -0.39 is 0 Å². The second-order valence-electron chi connectivity index (χ2n) is 6.28. The molecule has 0 fully saturated rings. The summed E-state index contributed by atoms with van der Waals surface area (Å²) in [6.45, 7) is 2.32. The Hall–Kier alpha value is -2.79. The van der Waals surface area contributed by atoms with E-state index in [1.807, 2.05) is 37.3 Å². The van der Waals surface area contributed by atoms with Crippen LogP contribution in [-0.4, -0.2) is 17.1 Å². The van der Waals surface area contributed by atoms with Crippen molar-refractivity contribution in [2.45, 2.75) is 23.6 Å². The summed E-state index contributed by atoms with van der Waals surface area (Å²) in [5.74, 6) is -0.186. The number of amides is 2. The van der Waals surface area contributed by atoms with Crippen LogP contribution < -0.4 is 10.6 Å². The van der Waals surface area contributed by atoms with Gasteiger partial charge in [0.1, 0.15) is 0 Å². The maximum Gasteiger partial charge on any atom is 0.251 e. The van der Waals surface area contributed by atoms with Crippen molar-refractivity contribution in [2.24, 2.45) is 0 Å². The van der Waals surface area contributed by atoms with Gasteiger partial charge in [0.05, 0.1) is 10.9 Å². The smallest absolute Gasteiger partial charge is 0.251 e. The molecule has 3 aromatic rings. The van der Waals surface area contributed by atoms with Crippen molar-refractivity contribution < 1.29 is 9.59 Å². The van der Waals surface area contributed by atoms with E-state index in [1.165, 1.54) is 11.8 Å². The SMILES string of the molecule is CC1Sc2ccc(C(=O)NCc3cccc4ccccc34)cc2NC1=O. The lowest BCUT2D eigenvalue weighted by molar-refractivity contribution is -0.115. The number of rotatable bonds is 3. The standard InChI is InChI=1S/C21H18N2O2S/c1-13-20(24)23-18-11-15(9-10-19(18)26-13)21(25)22-12-16-7-4-6-14-5-2-3-8-17(14)16/h2-11,13H,12H2,1H3,(H,22,25)(H,23,24). The molecule has 2 amide bonds. The molecule has 26 heavy (non-hydrogen) atoms. The second kappa shape index (κ2) is 6.84. The van der Waals surface area contributed by atoms with Gasteiger partial charge >= 0.3 is 0 Å². The Balaban J connectivity index is 1.52. The van der Waals surface area contributed by atoms with E-state index in [1.54, 1.807) is 12.1 Å². The van der Waals surface area contributed by atoms with Gasteiger partial charge in [-0.1, -0.05) is 42.5 Å². The second-order valence-corrected chi connectivity index (χ2v) is 7.66. The molecular formula is C21H18N2O2S. The lowest BCUT2D eigenvalue weighted by atomic mass is 10.0. The number of anilines is 1. The minimum Gasteiger partial charge on any atom is -0.348 e. The van der Waals surface area contributed by atoms with Gasteiger partial charge in [-0.3, -0.25) is 9.59 Å². The molecule has 1 aliphatic rings. The van der Waals surface area contributed by atoms with Crippen LogP contribution in [0, 0.1) is 0 Å². The van der Waals surface area contributed by atoms with Gasteiger partial charge in [-0.15, -0.1) is 11.8 Å². The normalized spacial score (nSPS) is 16.0. The number of thioether (sulfide) groups is 1. The van der Waals surface area contributed by atoms with Gasteiger partial charge in [0.25, 0.3) is 5.91 Å². The summed E-state index contributed by atoms with van der Waals surface area (Å²) in [6.07, 6.45) is 0. The van der Waals surface area contributed by atoms with E-state index in [0.29, 0.717) is 17.8 Å². The number of hydrogen-bond acceptors (Lipinski definition) is 3. The molecular weight excluding hydrogens is 344 g/mol. The van der Waals surface area contributed by atoms with E-state index in [2.05, 4.69) is 28.8 Å². The summed E-state index contributed by atoms with van der Waals surface area (Å²) < 4.78 is 0. The van der Waals surface area contributed by atoms with Crippen molar-refractivity contribution in [3.63, 3.8) is 0 Å². The van der Waals surface area contributed by atoms with Crippen LogP contribution in [0.15, 0.2) is 65.6 Å². The van der Waals surface area contributed by atoms with Gasteiger partial charge in [-0.2, -0.15) is 0 Å². The van der Waals surface area contributed by atoms with Crippen LogP contribution in [0.25, 0.3) is 10.8 Å². The third-order valence-electron chi connectivity index (χ3n) is 4.49. The quantitative estimate of drug-likeness (QED) is 0.734. The minimum absolute atomic E-state index is 0.0317. The Morgan fingerprint density at radius 2 is 1.92 bits per heavy atom. The Labute approximate surface area is 156 Å². The number of carbonyl (C=O) groups excluding carboxylic acids is 2. The van der Waals surface area contributed by atoms with Crippen molar-refractivity contribution in [2.75, 3.05) is 5.32 Å². The third kappa shape index (κ3) is 3.18. The zero-order valence-electron chi connectivity index (χ0n) is 14.3. The topological polar surface area (TPSA) is 58.2 Å². The van der Waals surface area contributed by atoms with E-state index >= 15 is 0 Å². The fourth-order valence-corrected chi connectivity index (χ4v) is 4.00. The van der Waals surface area contributed by atoms with Crippen molar-refractivity contribution >= 4 is 40.0 Å². The Morgan fingerprint density at radius 3 is 2.81 bits per heavy atom. The molecule has 0 spiro atoms. The molecule has 4 nitrogen and oxygen atoms in total. The van der Waals surface area contributed by atoms with Crippen molar-refractivity contribution in [1.29, 1.82) is 0 Å². The van der Waals surface area contributed by atoms with Crippen LogP contribution in [0.4, 0.5) is 5.69 Å². The first-order valence-electron chi connectivity index (χ1n) is 8.48. The van der Waals surface area contributed by atoms with E-state index in [4.69, 9.17) is 0 Å². The number of fused-ring (bicyclic) bond motifs is 2. The zero-order valence-corrected chi connectivity index (χ0v) is 15.1. The molecule has 0 radical (unpaired) electrons. The number of benzene rings is 3. The van der Waals surface area contributed by atoms with Crippen LogP contribution in [0.3, 0.4) is 0 Å². The third-order valence-corrected chi connectivity index (χ3v) is 5.67. The predicted molar refractivity (Wildman–Crippen MR) is 106 cm³/mol. The largest absolute Gasteiger partial charge is 0.348 e. The first-order chi connectivity index (χ1) is 12.6. The summed E-state index contributed by atoms with van der Waals surface area (Å²) in [7, 11) is 0. The van der Waals surface area contributed by atoms with E-state index in [0.717, 1.165) is 21.2 Å². The summed E-state index contributed by atoms with van der Waals surface area (Å²) in [5.41, 5.74) is 2.32. The van der Waals surface area contributed by atoms with Gasteiger partial charge in [-0.25, -0.2) is 0 Å². The van der Waals surface area contributed by atoms with Crippen LogP contribution >= 0.6 is 11.8 Å². The summed E-state index contributed by atoms with van der Waals surface area (Å²) in [4.78, 5) is 25.4. The van der Waals surface area contributed by atoms with E-state index in [-0.39, 0.29) is 17.1 Å². The van der Waals surface area contributed by atoms with Crippen molar-refractivity contribution in [1.82, 2.24) is 5.32 Å². The number of hydrogen-bond donors (Lipinski definition) is 2. The van der Waals surface area contributed by atoms with Crippen LogP contribution in [0.1, 0.15) is 22.8 Å². The Morgan fingerprint density at radius 1 is 1.12 bits per heavy atom. The summed E-state index contributed by atoms with van der Waals surface area (Å²) in [6, 6.07) is 19.6. The highest BCUT2D eigenvalue weighted by Gasteiger charge is 2.23. The van der Waals surface area contributed by atoms with E-state index in [9.17, 15) is 9.59 Å². The lowest BCUT2D eigenvalue weighted by Gasteiger charge is -2.21. The summed E-state index contributed by atoms with van der Waals surface area (Å²) in [5, 5.41) is 8.01. The monoisotopic (exact) mass is 362 g/mol. The molecule has 130 valence electrons. The Kier molecular flexibility index (Phi) is 4.39. The molecule has 2 N–H and O–H groups in total. The molecule has 0 bridgehead atoms. The van der Waals surface area contributed by atoms with Gasteiger partial charge < -0.3 is 10.6 Å². The molecule has 1 unspecified atom stereocenters. The highest BCUT2D eigenvalue weighted by molar-refractivity contribution is 8.00. The average Bonchev–Trinajstić information content (AvgIpc) is 2.66. The van der Waals surface area contributed by atoms with Gasteiger partial charge in [0.15, 0.2) is 0 Å². The lowest BCUT2D eigenvalue weighted by Crippen LogP contribution is -2.27. The highest BCUT2D eigenvalue weighted by atomic mass is 32.2. The van der Waals surface area contributed by atoms with Crippen molar-refractivity contribution in [3.05, 3.63) is 71.8 Å². The minimum atomic E-state index is -0.154. The molecule has 1 aliphatic heterocycles. The van der Waals surface area contributed by atoms with Crippen molar-refractivity contribution in [3.8, 4) is 0 Å². The maximum atomic E-state index is 12.6. The zero-order chi connectivity index (χ0) is 18.1. The first kappa shape index (κ1) is 16.7. The maximum absolute atomic E-state index is 12.6. The van der Waals surface area contributed by atoms with Gasteiger partial charge in [-0.05, 0) is 41.5 Å². The molecule has 0 saturated heterocycles. The number of carbonyl (C=O) groups is 2. The molecule has 5 heteroatoms. The molecule has 3 aromatic carbocycles. The molecule has 1 atom stereocenters. The Bertz CT molecular complexity index is 1010.